The zero-order chi connectivity index (χ0) is 10.9. The van der Waals surface area contributed by atoms with Gasteiger partial charge in [0, 0.05) is 6.07 Å². The quantitative estimate of drug-likeness (QED) is 0.584. The van der Waals surface area contributed by atoms with Gasteiger partial charge in [0.2, 0.25) is 0 Å². The van der Waals surface area contributed by atoms with Gasteiger partial charge in [0.1, 0.15) is 11.6 Å². The standard InChI is InChI=1S/C8H4Br2F2O2/c1-14-8(13)5-6(9)3(11)2-4(12)7(5)10/h2H,1H3. The van der Waals surface area contributed by atoms with E-state index in [1.807, 2.05) is 0 Å². The van der Waals surface area contributed by atoms with Crippen LogP contribution in [-0.2, 0) is 4.74 Å². The molecular formula is C8H4Br2F2O2. The van der Waals surface area contributed by atoms with Crippen LogP contribution in [0.4, 0.5) is 8.78 Å². The van der Waals surface area contributed by atoms with Crippen LogP contribution in [0.15, 0.2) is 15.0 Å². The molecule has 0 heterocycles. The van der Waals surface area contributed by atoms with Crippen molar-refractivity contribution in [1.82, 2.24) is 0 Å². The number of ether oxygens (including phenoxy) is 1. The summed E-state index contributed by atoms with van der Waals surface area (Å²) in [5.41, 5.74) is -0.204. The molecular weight excluding hydrogens is 326 g/mol. The molecule has 0 bridgehead atoms. The lowest BCUT2D eigenvalue weighted by Gasteiger charge is -2.06. The minimum absolute atomic E-state index is 0.127. The van der Waals surface area contributed by atoms with E-state index in [1.165, 1.54) is 0 Å². The molecule has 0 unspecified atom stereocenters. The predicted molar refractivity (Wildman–Crippen MR) is 53.1 cm³/mol. The zero-order valence-electron chi connectivity index (χ0n) is 6.91. The number of hydrogen-bond donors (Lipinski definition) is 0. The van der Waals surface area contributed by atoms with E-state index in [0.29, 0.717) is 6.07 Å². The Morgan fingerprint density at radius 2 is 1.71 bits per heavy atom. The second-order valence-corrected chi connectivity index (χ2v) is 3.92. The van der Waals surface area contributed by atoms with Crippen LogP contribution in [0, 0.1) is 11.6 Å². The summed E-state index contributed by atoms with van der Waals surface area (Å²) >= 11 is 5.67. The fourth-order valence-corrected chi connectivity index (χ4v) is 2.07. The maximum absolute atomic E-state index is 13.0. The average molecular weight is 330 g/mol. The molecule has 0 aliphatic heterocycles. The highest BCUT2D eigenvalue weighted by Gasteiger charge is 2.21. The molecule has 6 heteroatoms. The van der Waals surface area contributed by atoms with E-state index in [0.717, 1.165) is 7.11 Å². The molecule has 0 aliphatic carbocycles. The maximum atomic E-state index is 13.0. The first-order valence-corrected chi connectivity index (χ1v) is 4.99. The van der Waals surface area contributed by atoms with E-state index < -0.39 is 17.6 Å². The molecule has 0 radical (unpaired) electrons. The van der Waals surface area contributed by atoms with Crippen molar-refractivity contribution in [2.75, 3.05) is 7.11 Å². The number of carbonyl (C=O) groups excluding carboxylic acids is 1. The summed E-state index contributed by atoms with van der Waals surface area (Å²) in [7, 11) is 1.13. The fraction of sp³-hybridized carbons (Fsp3) is 0.125. The highest BCUT2D eigenvalue weighted by Crippen LogP contribution is 2.30. The van der Waals surface area contributed by atoms with Gasteiger partial charge in [-0.2, -0.15) is 0 Å². The first-order chi connectivity index (χ1) is 6.49. The van der Waals surface area contributed by atoms with Crippen molar-refractivity contribution in [2.45, 2.75) is 0 Å². The van der Waals surface area contributed by atoms with E-state index >= 15 is 0 Å². The van der Waals surface area contributed by atoms with Gasteiger partial charge in [-0.1, -0.05) is 0 Å². The summed E-state index contributed by atoms with van der Waals surface area (Å²) in [6.07, 6.45) is 0. The lowest BCUT2D eigenvalue weighted by atomic mass is 10.2. The van der Waals surface area contributed by atoms with Crippen molar-refractivity contribution >= 4 is 37.8 Å². The maximum Gasteiger partial charge on any atom is 0.340 e. The molecule has 76 valence electrons. The van der Waals surface area contributed by atoms with Crippen LogP contribution in [0.25, 0.3) is 0 Å². The Morgan fingerprint density at radius 1 is 1.29 bits per heavy atom. The van der Waals surface area contributed by atoms with E-state index in [4.69, 9.17) is 0 Å². The molecule has 0 amide bonds. The van der Waals surface area contributed by atoms with E-state index in [2.05, 4.69) is 36.6 Å². The highest BCUT2D eigenvalue weighted by atomic mass is 79.9. The minimum Gasteiger partial charge on any atom is -0.465 e. The summed E-state index contributed by atoms with van der Waals surface area (Å²) in [5, 5.41) is 0. The van der Waals surface area contributed by atoms with Crippen LogP contribution in [-0.4, -0.2) is 13.1 Å². The van der Waals surface area contributed by atoms with Crippen LogP contribution in [0.3, 0.4) is 0 Å². The molecule has 0 aromatic heterocycles. The molecule has 0 fully saturated rings. The zero-order valence-corrected chi connectivity index (χ0v) is 10.1. The lowest BCUT2D eigenvalue weighted by Crippen LogP contribution is -2.06. The number of halogens is 4. The number of carbonyl (C=O) groups is 1. The fourth-order valence-electron chi connectivity index (χ4n) is 0.854. The number of rotatable bonds is 1. The topological polar surface area (TPSA) is 26.3 Å². The molecule has 2 nitrogen and oxygen atoms in total. The molecule has 0 saturated carbocycles. The Balaban J connectivity index is 3.47. The van der Waals surface area contributed by atoms with Crippen molar-refractivity contribution in [3.63, 3.8) is 0 Å². The molecule has 0 spiro atoms. The summed E-state index contributed by atoms with van der Waals surface area (Å²) in [5.74, 6) is -2.53. The first kappa shape index (κ1) is 11.6. The number of hydrogen-bond acceptors (Lipinski definition) is 2. The average Bonchev–Trinajstić information content (AvgIpc) is 2.15. The SMILES string of the molecule is COC(=O)c1c(Br)c(F)cc(F)c1Br. The molecule has 1 aromatic rings. The first-order valence-electron chi connectivity index (χ1n) is 3.40. The Kier molecular flexibility index (Phi) is 3.60. The summed E-state index contributed by atoms with van der Waals surface area (Å²) in [4.78, 5) is 11.1. The van der Waals surface area contributed by atoms with Gasteiger partial charge in [-0.25, -0.2) is 13.6 Å². The number of esters is 1. The Bertz CT molecular complexity index is 367. The van der Waals surface area contributed by atoms with Gasteiger partial charge >= 0.3 is 5.97 Å². The van der Waals surface area contributed by atoms with Crippen LogP contribution in [0.5, 0.6) is 0 Å². The Morgan fingerprint density at radius 3 is 2.07 bits per heavy atom. The van der Waals surface area contributed by atoms with Gasteiger partial charge in [0.05, 0.1) is 21.6 Å². The summed E-state index contributed by atoms with van der Waals surface area (Å²) in [6, 6.07) is 0.667. The largest absolute Gasteiger partial charge is 0.465 e. The van der Waals surface area contributed by atoms with Gasteiger partial charge in [-0.3, -0.25) is 0 Å². The molecule has 0 N–H and O–H groups in total. The van der Waals surface area contributed by atoms with E-state index in [9.17, 15) is 13.6 Å². The lowest BCUT2D eigenvalue weighted by molar-refractivity contribution is 0.0597. The monoisotopic (exact) mass is 328 g/mol. The van der Waals surface area contributed by atoms with Crippen LogP contribution < -0.4 is 0 Å². The summed E-state index contributed by atoms with van der Waals surface area (Å²) in [6.45, 7) is 0. The number of benzene rings is 1. The van der Waals surface area contributed by atoms with Gasteiger partial charge in [0.25, 0.3) is 0 Å². The molecule has 0 saturated heterocycles. The van der Waals surface area contributed by atoms with Crippen molar-refractivity contribution in [1.29, 1.82) is 0 Å². The van der Waals surface area contributed by atoms with Crippen LogP contribution in [0.1, 0.15) is 10.4 Å². The smallest absolute Gasteiger partial charge is 0.340 e. The molecule has 1 rings (SSSR count). The van der Waals surface area contributed by atoms with Gasteiger partial charge < -0.3 is 4.74 Å². The van der Waals surface area contributed by atoms with Crippen molar-refractivity contribution in [3.05, 3.63) is 32.2 Å². The van der Waals surface area contributed by atoms with Gasteiger partial charge in [0.15, 0.2) is 0 Å². The van der Waals surface area contributed by atoms with Crippen molar-refractivity contribution < 1.29 is 18.3 Å². The molecule has 14 heavy (non-hydrogen) atoms. The van der Waals surface area contributed by atoms with E-state index in [1.54, 1.807) is 0 Å². The van der Waals surface area contributed by atoms with Crippen molar-refractivity contribution in [2.24, 2.45) is 0 Å². The Hall–Kier alpha value is -0.490. The molecule has 1 aromatic carbocycles. The second-order valence-electron chi connectivity index (χ2n) is 2.33. The minimum atomic E-state index is -0.855. The third-order valence-electron chi connectivity index (χ3n) is 1.50. The number of methoxy groups -OCH3 is 1. The van der Waals surface area contributed by atoms with Gasteiger partial charge in [-0.15, -0.1) is 0 Å². The highest BCUT2D eigenvalue weighted by molar-refractivity contribution is 9.11. The van der Waals surface area contributed by atoms with Crippen molar-refractivity contribution in [3.8, 4) is 0 Å². The van der Waals surface area contributed by atoms with Gasteiger partial charge in [-0.05, 0) is 31.9 Å². The molecule has 0 atom stereocenters. The third kappa shape index (κ3) is 1.95. The van der Waals surface area contributed by atoms with Crippen LogP contribution in [0.2, 0.25) is 0 Å². The third-order valence-corrected chi connectivity index (χ3v) is 3.05. The van der Waals surface area contributed by atoms with E-state index in [-0.39, 0.29) is 14.5 Å². The molecule has 0 aliphatic rings. The van der Waals surface area contributed by atoms with Crippen LogP contribution >= 0.6 is 31.9 Å². The Labute approximate surface area is 95.5 Å². The normalized spacial score (nSPS) is 10.1. The predicted octanol–water partition coefficient (Wildman–Crippen LogP) is 3.28. The second kappa shape index (κ2) is 4.35. The summed E-state index contributed by atoms with van der Waals surface area (Å²) < 4.78 is 30.1.